The van der Waals surface area contributed by atoms with Gasteiger partial charge >= 0.3 is 0 Å². The summed E-state index contributed by atoms with van der Waals surface area (Å²) in [4.78, 5) is 30.1. The van der Waals surface area contributed by atoms with Gasteiger partial charge in [-0.15, -0.1) is 22.7 Å². The molecule has 0 atom stereocenters. The first-order chi connectivity index (χ1) is 21.5. The molecule has 2 aliphatic heterocycles. The molecule has 2 aromatic heterocycles. The molecule has 2 aliphatic rings. The predicted octanol–water partition coefficient (Wildman–Crippen LogP) is 10.0. The summed E-state index contributed by atoms with van der Waals surface area (Å²) in [5, 5.41) is 1.81. The second-order valence-electron chi connectivity index (χ2n) is 11.2. The second kappa shape index (κ2) is 14.5. The number of halogens is 5. The van der Waals surface area contributed by atoms with Gasteiger partial charge in [0.15, 0.2) is 0 Å². The lowest BCUT2D eigenvalue weighted by Gasteiger charge is -2.20. The lowest BCUT2D eigenvalue weighted by molar-refractivity contribution is -0.0133. The first kappa shape index (κ1) is 33.2. The summed E-state index contributed by atoms with van der Waals surface area (Å²) in [6.07, 6.45) is -0.153. The van der Waals surface area contributed by atoms with E-state index in [2.05, 4.69) is 0 Å². The molecule has 238 valence electrons. The van der Waals surface area contributed by atoms with E-state index in [-0.39, 0.29) is 50.6 Å². The number of nitrogens with zero attached hydrogens (tertiary/aromatic N) is 2. The zero-order valence-electron chi connectivity index (χ0n) is 24.5. The Balaban J connectivity index is 0.000000178. The van der Waals surface area contributed by atoms with Gasteiger partial charge in [0.2, 0.25) is 11.8 Å². The van der Waals surface area contributed by atoms with Crippen molar-refractivity contribution in [3.63, 3.8) is 0 Å². The Morgan fingerprint density at radius 1 is 0.667 bits per heavy atom. The van der Waals surface area contributed by atoms with Crippen molar-refractivity contribution in [3.8, 4) is 20.9 Å². The molecule has 0 radical (unpaired) electrons. The first-order valence-electron chi connectivity index (χ1n) is 14.8. The second-order valence-corrected chi connectivity index (χ2v) is 13.8. The molecule has 45 heavy (non-hydrogen) atoms. The number of rotatable bonds is 4. The van der Waals surface area contributed by atoms with E-state index in [4.69, 9.17) is 11.6 Å². The quantitative estimate of drug-likeness (QED) is 0.202. The lowest BCUT2D eigenvalue weighted by atomic mass is 10.1. The lowest BCUT2D eigenvalue weighted by Crippen LogP contribution is -2.32. The van der Waals surface area contributed by atoms with Crippen LogP contribution >= 0.6 is 34.3 Å². The molecule has 2 amide bonds. The van der Waals surface area contributed by atoms with E-state index in [1.807, 2.05) is 72.1 Å². The Morgan fingerprint density at radius 3 is 1.73 bits per heavy atom. The third-order valence-corrected chi connectivity index (χ3v) is 10.3. The van der Waals surface area contributed by atoms with Crippen LogP contribution in [0.15, 0.2) is 78.2 Å². The molecule has 2 saturated heterocycles. The molecule has 11 heteroatoms. The Bertz CT molecular complexity index is 1590. The van der Waals surface area contributed by atoms with Crippen molar-refractivity contribution in [1.82, 2.24) is 9.80 Å². The Hall–Kier alpha value is -3.21. The summed E-state index contributed by atoms with van der Waals surface area (Å²) in [5.41, 5.74) is 3.05. The van der Waals surface area contributed by atoms with Crippen LogP contribution < -0.4 is 0 Å². The molecule has 0 aliphatic carbocycles. The van der Waals surface area contributed by atoms with Crippen molar-refractivity contribution in [2.75, 3.05) is 26.2 Å². The van der Waals surface area contributed by atoms with E-state index in [1.165, 1.54) is 27.6 Å². The highest BCUT2D eigenvalue weighted by molar-refractivity contribution is 7.19. The molecule has 2 aromatic carbocycles. The average Bonchev–Trinajstić information content (AvgIpc) is 3.58. The highest BCUT2D eigenvalue weighted by atomic mass is 35.5. The van der Waals surface area contributed by atoms with E-state index in [0.29, 0.717) is 41.4 Å². The fourth-order valence-electron chi connectivity index (χ4n) is 5.35. The largest absolute Gasteiger partial charge is 0.338 e. The number of likely N-dealkylation sites (tertiary alicyclic amines) is 2. The number of hydrogen-bond donors (Lipinski definition) is 0. The fourth-order valence-corrected chi connectivity index (χ4v) is 7.50. The van der Waals surface area contributed by atoms with Crippen LogP contribution in [0.3, 0.4) is 0 Å². The number of carbonyl (C=O) groups is 2. The molecule has 4 aromatic rings. The minimum atomic E-state index is -2.68. The third-order valence-electron chi connectivity index (χ3n) is 7.89. The summed E-state index contributed by atoms with van der Waals surface area (Å²) in [6.45, 7) is 0.952. The van der Waals surface area contributed by atoms with E-state index in [9.17, 15) is 27.2 Å². The van der Waals surface area contributed by atoms with Gasteiger partial charge in [-0.2, -0.15) is 0 Å². The van der Waals surface area contributed by atoms with E-state index >= 15 is 0 Å². The molecule has 4 heterocycles. The molecular weight excluding hydrogens is 644 g/mol. The first-order valence-corrected chi connectivity index (χ1v) is 16.9. The summed E-state index contributed by atoms with van der Waals surface area (Å²) in [6, 6.07) is 23.1. The monoisotopic (exact) mass is 676 g/mol. The highest BCUT2D eigenvalue weighted by Crippen LogP contribution is 2.37. The van der Waals surface area contributed by atoms with Crippen LogP contribution in [0.2, 0.25) is 4.34 Å². The standard InChI is InChI=1S/C17H16ClF2NOS.C17H17F2NOS/c18-15-13(11-14(23-15)12-5-2-1-3-6-12)16(22)21-9-4-7-17(19,20)8-10-21;18-17(19)7-4-9-20(10-8-17)16(21)14-11-15(22-12-14)13-5-2-1-3-6-13/h1-3,5-6,11H,4,7-10H2;1-3,5-6,11-12H,4,7-10H2. The number of benzene rings is 2. The van der Waals surface area contributed by atoms with Gasteiger partial charge in [0.25, 0.3) is 11.8 Å². The van der Waals surface area contributed by atoms with Crippen molar-refractivity contribution < 1.29 is 27.2 Å². The maximum absolute atomic E-state index is 13.4. The Labute approximate surface area is 273 Å². The van der Waals surface area contributed by atoms with Crippen LogP contribution in [0, 0.1) is 0 Å². The summed E-state index contributed by atoms with van der Waals surface area (Å²) < 4.78 is 54.1. The van der Waals surface area contributed by atoms with E-state index in [0.717, 1.165) is 20.9 Å². The van der Waals surface area contributed by atoms with Crippen LogP contribution in [-0.2, 0) is 0 Å². The molecule has 6 rings (SSSR count). The van der Waals surface area contributed by atoms with Gasteiger partial charge in [0.1, 0.15) is 4.34 Å². The number of hydrogen-bond acceptors (Lipinski definition) is 4. The smallest absolute Gasteiger partial charge is 0.256 e. The molecule has 4 nitrogen and oxygen atoms in total. The third kappa shape index (κ3) is 8.74. The number of thiophene rings is 2. The van der Waals surface area contributed by atoms with Crippen molar-refractivity contribution in [3.05, 3.63) is 93.6 Å². The van der Waals surface area contributed by atoms with Crippen molar-refractivity contribution in [2.45, 2.75) is 50.4 Å². The van der Waals surface area contributed by atoms with Crippen LogP contribution in [0.25, 0.3) is 20.9 Å². The van der Waals surface area contributed by atoms with E-state index in [1.54, 1.807) is 11.0 Å². The average molecular weight is 677 g/mol. The topological polar surface area (TPSA) is 40.6 Å². The summed E-state index contributed by atoms with van der Waals surface area (Å²) in [7, 11) is 0. The van der Waals surface area contributed by atoms with Gasteiger partial charge in [-0.3, -0.25) is 9.59 Å². The van der Waals surface area contributed by atoms with Gasteiger partial charge in [0, 0.05) is 67.0 Å². The van der Waals surface area contributed by atoms with Gasteiger partial charge < -0.3 is 9.80 Å². The van der Waals surface area contributed by atoms with Gasteiger partial charge in [-0.1, -0.05) is 72.3 Å². The van der Waals surface area contributed by atoms with Crippen LogP contribution in [0.1, 0.15) is 59.2 Å². The minimum absolute atomic E-state index is 0.0681. The molecular formula is C34H33ClF4N2O2S2. The summed E-state index contributed by atoms with van der Waals surface area (Å²) in [5.74, 6) is -5.72. The normalized spacial score (nSPS) is 17.9. The molecule has 2 fully saturated rings. The molecule has 0 N–H and O–H groups in total. The number of amides is 2. The van der Waals surface area contributed by atoms with Gasteiger partial charge in [0.05, 0.1) is 11.1 Å². The number of alkyl halides is 4. The van der Waals surface area contributed by atoms with Crippen molar-refractivity contribution in [2.24, 2.45) is 0 Å². The molecule has 0 bridgehead atoms. The summed E-state index contributed by atoms with van der Waals surface area (Å²) >= 11 is 9.07. The molecule has 0 saturated carbocycles. The predicted molar refractivity (Wildman–Crippen MR) is 174 cm³/mol. The zero-order valence-corrected chi connectivity index (χ0v) is 26.9. The van der Waals surface area contributed by atoms with Crippen LogP contribution in [0.4, 0.5) is 17.6 Å². The number of carbonyl (C=O) groups excluding carboxylic acids is 2. The van der Waals surface area contributed by atoms with Crippen LogP contribution in [-0.4, -0.2) is 59.6 Å². The maximum Gasteiger partial charge on any atom is 0.256 e. The molecule has 0 unspecified atom stereocenters. The van der Waals surface area contributed by atoms with Crippen molar-refractivity contribution in [1.29, 1.82) is 0 Å². The SMILES string of the molecule is O=C(c1cc(-c2ccccc2)sc1Cl)N1CCCC(F)(F)CC1.O=C(c1csc(-c2ccccc2)c1)N1CCCC(F)(F)CC1. The van der Waals surface area contributed by atoms with Crippen molar-refractivity contribution >= 4 is 46.1 Å². The minimum Gasteiger partial charge on any atom is -0.338 e. The van der Waals surface area contributed by atoms with E-state index < -0.39 is 11.8 Å². The van der Waals surface area contributed by atoms with Gasteiger partial charge in [-0.05, 0) is 36.1 Å². The Kier molecular flexibility index (Phi) is 10.7. The highest BCUT2D eigenvalue weighted by Gasteiger charge is 2.35. The Morgan fingerprint density at radius 2 is 1.18 bits per heavy atom. The van der Waals surface area contributed by atoms with Gasteiger partial charge in [-0.25, -0.2) is 17.6 Å². The maximum atomic E-state index is 13.4. The zero-order chi connectivity index (χ0) is 32.0. The molecule has 0 spiro atoms. The van der Waals surface area contributed by atoms with Crippen LogP contribution in [0.5, 0.6) is 0 Å². The fraction of sp³-hybridized carbons (Fsp3) is 0.353.